The molecule has 0 aliphatic heterocycles. The number of halogens is 1. The Labute approximate surface area is 194 Å². The van der Waals surface area contributed by atoms with Crippen LogP contribution in [-0.2, 0) is 19.4 Å². The van der Waals surface area contributed by atoms with Gasteiger partial charge in [0, 0.05) is 17.8 Å². The van der Waals surface area contributed by atoms with Crippen molar-refractivity contribution in [1.29, 1.82) is 0 Å². The number of benzene rings is 2. The minimum absolute atomic E-state index is 0.365. The van der Waals surface area contributed by atoms with E-state index in [-0.39, 0.29) is 0 Å². The van der Waals surface area contributed by atoms with Crippen LogP contribution >= 0.6 is 15.9 Å². The van der Waals surface area contributed by atoms with Crippen molar-refractivity contribution in [2.24, 2.45) is 0 Å². The van der Waals surface area contributed by atoms with Crippen LogP contribution in [0, 0.1) is 0 Å². The third-order valence-corrected chi connectivity index (χ3v) is 5.56. The van der Waals surface area contributed by atoms with Gasteiger partial charge in [0.05, 0.1) is 24.4 Å². The van der Waals surface area contributed by atoms with Crippen LogP contribution in [-0.4, -0.2) is 39.8 Å². The summed E-state index contributed by atoms with van der Waals surface area (Å²) < 4.78 is 17.7. The Hall–Kier alpha value is -3.46. The van der Waals surface area contributed by atoms with E-state index < -0.39 is 0 Å². The van der Waals surface area contributed by atoms with Gasteiger partial charge in [-0.15, -0.1) is 10.2 Å². The normalized spacial score (nSPS) is 10.7. The molecule has 0 aliphatic carbocycles. The van der Waals surface area contributed by atoms with Crippen molar-refractivity contribution in [1.82, 2.24) is 25.6 Å². The summed E-state index contributed by atoms with van der Waals surface area (Å²) in [4.78, 5) is 4.56. The van der Waals surface area contributed by atoms with E-state index in [1.54, 1.807) is 20.4 Å². The van der Waals surface area contributed by atoms with E-state index >= 15 is 0 Å². The highest BCUT2D eigenvalue weighted by Gasteiger charge is 2.12. The third kappa shape index (κ3) is 5.23. The molecule has 0 amide bonds. The Kier molecular flexibility index (Phi) is 6.96. The van der Waals surface area contributed by atoms with Crippen molar-refractivity contribution in [3.8, 4) is 28.6 Å². The molecule has 0 aliphatic rings. The molecule has 2 heterocycles. The summed E-state index contributed by atoms with van der Waals surface area (Å²) in [7, 11) is 3.26. The van der Waals surface area contributed by atoms with Gasteiger partial charge in [-0.25, -0.2) is 0 Å². The summed E-state index contributed by atoms with van der Waals surface area (Å²) in [6.07, 6.45) is 3.33. The van der Waals surface area contributed by atoms with Crippen LogP contribution in [0.2, 0.25) is 0 Å². The minimum atomic E-state index is 0.365. The van der Waals surface area contributed by atoms with Crippen molar-refractivity contribution in [2.75, 3.05) is 14.2 Å². The molecule has 2 aromatic heterocycles. The van der Waals surface area contributed by atoms with E-state index in [0.717, 1.165) is 51.4 Å². The van der Waals surface area contributed by atoms with E-state index in [1.165, 1.54) is 5.56 Å². The second-order valence-corrected chi connectivity index (χ2v) is 7.86. The molecule has 0 radical (unpaired) electrons. The van der Waals surface area contributed by atoms with Gasteiger partial charge < -0.3 is 14.2 Å². The number of nitrogens with one attached hydrogen (secondary N) is 1. The molecule has 0 fully saturated rings. The number of aromatic nitrogens is 5. The van der Waals surface area contributed by atoms with Crippen LogP contribution in [0.4, 0.5) is 0 Å². The number of ether oxygens (including phenoxy) is 3. The van der Waals surface area contributed by atoms with Gasteiger partial charge in [0.2, 0.25) is 5.82 Å². The van der Waals surface area contributed by atoms with Gasteiger partial charge in [0.25, 0.3) is 0 Å². The van der Waals surface area contributed by atoms with Crippen LogP contribution in [0.3, 0.4) is 0 Å². The van der Waals surface area contributed by atoms with Crippen molar-refractivity contribution < 1.29 is 14.2 Å². The summed E-state index contributed by atoms with van der Waals surface area (Å²) in [5, 5.41) is 14.1. The first-order chi connectivity index (χ1) is 15.7. The highest BCUT2D eigenvalue weighted by atomic mass is 79.9. The van der Waals surface area contributed by atoms with Gasteiger partial charge in [-0.1, -0.05) is 24.3 Å². The van der Waals surface area contributed by atoms with Crippen molar-refractivity contribution in [3.63, 3.8) is 0 Å². The zero-order valence-corrected chi connectivity index (χ0v) is 19.3. The van der Waals surface area contributed by atoms with Crippen molar-refractivity contribution >= 4 is 15.9 Å². The molecular formula is C23H22BrN5O3. The highest BCUT2D eigenvalue weighted by molar-refractivity contribution is 9.10. The van der Waals surface area contributed by atoms with Gasteiger partial charge >= 0.3 is 0 Å². The molecule has 2 aromatic carbocycles. The van der Waals surface area contributed by atoms with Gasteiger partial charge in [-0.2, -0.15) is 5.21 Å². The maximum absolute atomic E-state index is 6.16. The summed E-state index contributed by atoms with van der Waals surface area (Å²) in [6.45, 7) is 0.365. The second-order valence-electron chi connectivity index (χ2n) is 7.01. The Balaban J connectivity index is 1.45. The Morgan fingerprint density at radius 1 is 0.906 bits per heavy atom. The molecular weight excluding hydrogens is 474 g/mol. The minimum Gasteiger partial charge on any atom is -0.497 e. The molecule has 0 atom stereocenters. The molecule has 1 N–H and O–H groups in total. The average molecular weight is 496 g/mol. The number of hydrogen-bond donors (Lipinski definition) is 1. The number of aromatic amines is 1. The second kappa shape index (κ2) is 10.2. The van der Waals surface area contributed by atoms with Gasteiger partial charge in [-0.05, 0) is 63.3 Å². The molecule has 4 aromatic rings. The predicted molar refractivity (Wildman–Crippen MR) is 123 cm³/mol. The lowest BCUT2D eigenvalue weighted by Crippen LogP contribution is -2.03. The number of tetrazole rings is 1. The van der Waals surface area contributed by atoms with Crippen LogP contribution in [0.15, 0.2) is 59.2 Å². The highest BCUT2D eigenvalue weighted by Crippen LogP contribution is 2.30. The molecule has 0 bridgehead atoms. The number of rotatable bonds is 9. The van der Waals surface area contributed by atoms with Crippen LogP contribution in [0.1, 0.15) is 16.8 Å². The van der Waals surface area contributed by atoms with E-state index in [9.17, 15) is 0 Å². The molecule has 0 unspecified atom stereocenters. The Bertz CT molecular complexity index is 1140. The number of hydrogen-bond acceptors (Lipinski definition) is 7. The topological polar surface area (TPSA) is 95.0 Å². The van der Waals surface area contributed by atoms with E-state index in [4.69, 9.17) is 14.2 Å². The van der Waals surface area contributed by atoms with Crippen molar-refractivity contribution in [3.05, 3.63) is 76.0 Å². The zero-order valence-electron chi connectivity index (χ0n) is 17.7. The van der Waals surface area contributed by atoms with Gasteiger partial charge in [-0.3, -0.25) is 4.98 Å². The number of nitrogens with zero attached hydrogens (tertiary/aromatic N) is 4. The average Bonchev–Trinajstić information content (AvgIpc) is 3.37. The fraction of sp³-hybridized carbons (Fsp3) is 0.217. The lowest BCUT2D eigenvalue weighted by molar-refractivity contribution is 0.297. The lowest BCUT2D eigenvalue weighted by atomic mass is 10.1. The monoisotopic (exact) mass is 495 g/mol. The fourth-order valence-electron chi connectivity index (χ4n) is 3.27. The number of pyridine rings is 1. The van der Waals surface area contributed by atoms with Crippen LogP contribution in [0.5, 0.6) is 17.2 Å². The van der Waals surface area contributed by atoms with E-state index in [0.29, 0.717) is 12.4 Å². The molecule has 0 spiro atoms. The van der Waals surface area contributed by atoms with Gasteiger partial charge in [0.1, 0.15) is 18.1 Å². The largest absolute Gasteiger partial charge is 0.497 e. The lowest BCUT2D eigenvalue weighted by Gasteiger charge is -2.14. The maximum Gasteiger partial charge on any atom is 0.204 e. The van der Waals surface area contributed by atoms with Crippen molar-refractivity contribution in [2.45, 2.75) is 19.4 Å². The zero-order chi connectivity index (χ0) is 22.3. The summed E-state index contributed by atoms with van der Waals surface area (Å²) in [5.41, 5.74) is 3.93. The maximum atomic E-state index is 6.16. The van der Waals surface area contributed by atoms with Crippen LogP contribution in [0.25, 0.3) is 11.4 Å². The first kappa shape index (κ1) is 21.8. The number of H-pyrrole nitrogens is 1. The standard InChI is InChI=1S/C23H22BrN5O3/c1-30-18-11-16(12-19(13-18)31-2)14-32-22-20(24)9-10-25-21(22)8-5-15-3-6-17(7-4-15)23-26-28-29-27-23/h3-4,6-7,9-13H,5,8,14H2,1-2H3,(H,26,27,28,29). The van der Waals surface area contributed by atoms with Crippen LogP contribution < -0.4 is 14.2 Å². The molecule has 0 saturated carbocycles. The summed E-state index contributed by atoms with van der Waals surface area (Å²) in [6, 6.07) is 15.7. The Morgan fingerprint density at radius 2 is 1.66 bits per heavy atom. The molecule has 4 rings (SSSR count). The summed E-state index contributed by atoms with van der Waals surface area (Å²) in [5.74, 6) is 2.75. The van der Waals surface area contributed by atoms with Gasteiger partial charge in [0.15, 0.2) is 5.75 Å². The third-order valence-electron chi connectivity index (χ3n) is 4.93. The molecule has 164 valence electrons. The number of aryl methyl sites for hydroxylation is 2. The SMILES string of the molecule is COc1cc(COc2c(Br)ccnc2CCc2ccc(-c3nn[nH]n3)cc2)cc(OC)c1. The first-order valence-electron chi connectivity index (χ1n) is 9.97. The number of methoxy groups -OCH3 is 2. The quantitative estimate of drug-likeness (QED) is 0.367. The Morgan fingerprint density at radius 3 is 2.31 bits per heavy atom. The molecule has 32 heavy (non-hydrogen) atoms. The van der Waals surface area contributed by atoms with E-state index in [1.807, 2.05) is 36.4 Å². The molecule has 0 saturated heterocycles. The predicted octanol–water partition coefficient (Wildman–Crippen LogP) is 4.41. The molecule has 8 nitrogen and oxygen atoms in total. The van der Waals surface area contributed by atoms with E-state index in [2.05, 4.69) is 53.7 Å². The molecule has 9 heteroatoms. The fourth-order valence-corrected chi connectivity index (χ4v) is 3.73. The summed E-state index contributed by atoms with van der Waals surface area (Å²) >= 11 is 3.60. The smallest absolute Gasteiger partial charge is 0.204 e. The first-order valence-corrected chi connectivity index (χ1v) is 10.8.